The minimum atomic E-state index is -0.814. The Balaban J connectivity index is 2.23. The van der Waals surface area contributed by atoms with Crippen molar-refractivity contribution < 1.29 is 14.4 Å². The van der Waals surface area contributed by atoms with Gasteiger partial charge in [-0.3, -0.25) is 4.79 Å². The fourth-order valence-electron chi connectivity index (χ4n) is 2.81. The number of amides is 1. The van der Waals surface area contributed by atoms with Crippen molar-refractivity contribution in [1.82, 2.24) is 10.3 Å². The van der Waals surface area contributed by atoms with Gasteiger partial charge in [-0.05, 0) is 38.5 Å². The molecule has 1 fully saturated rings. The summed E-state index contributed by atoms with van der Waals surface area (Å²) in [6.45, 7) is 5.55. The van der Waals surface area contributed by atoms with Crippen molar-refractivity contribution in [3.63, 3.8) is 0 Å². The van der Waals surface area contributed by atoms with Gasteiger partial charge in [0.2, 0.25) is 5.76 Å². The Morgan fingerprint density at radius 1 is 1.48 bits per heavy atom. The highest BCUT2D eigenvalue weighted by Gasteiger charge is 2.40. The summed E-state index contributed by atoms with van der Waals surface area (Å²) in [6.07, 6.45) is 3.10. The molecule has 2 rings (SSSR count). The molecule has 1 aliphatic carbocycles. The maximum Gasteiger partial charge on any atom is 0.289 e. The Morgan fingerprint density at radius 2 is 2.10 bits per heavy atom. The number of aryl methyl sites for hydroxylation is 2. The predicted molar refractivity (Wildman–Crippen MR) is 77.2 cm³/mol. The van der Waals surface area contributed by atoms with Crippen LogP contribution in [0.3, 0.4) is 0 Å². The van der Waals surface area contributed by atoms with Crippen LogP contribution < -0.4 is 11.1 Å². The van der Waals surface area contributed by atoms with Gasteiger partial charge in [-0.1, -0.05) is 12.1 Å². The van der Waals surface area contributed by atoms with E-state index >= 15 is 0 Å². The normalized spacial score (nSPS) is 26.6. The van der Waals surface area contributed by atoms with Crippen LogP contribution in [-0.4, -0.2) is 27.5 Å². The minimum absolute atomic E-state index is 0.0386. The Bertz CT molecular complexity index is 557. The third-order valence-electron chi connectivity index (χ3n) is 4.19. The molecule has 1 heterocycles. The van der Waals surface area contributed by atoms with E-state index in [0.717, 1.165) is 12.8 Å². The average molecular weight is 294 g/mol. The summed E-state index contributed by atoms with van der Waals surface area (Å²) in [5.41, 5.74) is 5.55. The zero-order valence-electron chi connectivity index (χ0n) is 12.6. The molecule has 7 heteroatoms. The van der Waals surface area contributed by atoms with Crippen LogP contribution in [0, 0.1) is 19.8 Å². The Hall–Kier alpha value is -2.05. The molecule has 1 aromatic rings. The number of hydrogen-bond donors (Lipinski definition) is 3. The molecule has 0 spiro atoms. The third kappa shape index (κ3) is 3.01. The number of oxazole rings is 1. The van der Waals surface area contributed by atoms with Crippen LogP contribution in [0.4, 0.5) is 0 Å². The summed E-state index contributed by atoms with van der Waals surface area (Å²) in [7, 11) is 0. The number of amidine groups is 1. The van der Waals surface area contributed by atoms with Crippen LogP contribution in [0.5, 0.6) is 0 Å². The summed E-state index contributed by atoms with van der Waals surface area (Å²) in [6, 6.07) is 0. The highest BCUT2D eigenvalue weighted by molar-refractivity contribution is 5.99. The maximum atomic E-state index is 12.4. The number of aromatic nitrogens is 1. The molecule has 0 bridgehead atoms. The average Bonchev–Trinajstić information content (AvgIpc) is 2.79. The molecule has 0 aliphatic heterocycles. The van der Waals surface area contributed by atoms with Crippen LogP contribution in [0.2, 0.25) is 0 Å². The van der Waals surface area contributed by atoms with Gasteiger partial charge in [0.25, 0.3) is 5.91 Å². The van der Waals surface area contributed by atoms with Gasteiger partial charge in [0, 0.05) is 6.92 Å². The number of carbonyl (C=O) groups excluding carboxylic acids is 1. The van der Waals surface area contributed by atoms with E-state index < -0.39 is 5.54 Å². The molecule has 7 nitrogen and oxygen atoms in total. The first-order chi connectivity index (χ1) is 9.88. The zero-order valence-corrected chi connectivity index (χ0v) is 12.6. The number of nitrogens with one attached hydrogen (secondary N) is 1. The molecule has 1 saturated carbocycles. The first-order valence-electron chi connectivity index (χ1n) is 7.12. The SMILES string of the molecule is Cc1nc(C)c(C(=O)NC2(C(N)=NO)CCC(C)CC2)o1. The van der Waals surface area contributed by atoms with Crippen molar-refractivity contribution in [3.05, 3.63) is 17.3 Å². The van der Waals surface area contributed by atoms with Crippen LogP contribution in [0.15, 0.2) is 9.57 Å². The van der Waals surface area contributed by atoms with Crippen LogP contribution >= 0.6 is 0 Å². The second-order valence-corrected chi connectivity index (χ2v) is 5.85. The molecule has 116 valence electrons. The topological polar surface area (TPSA) is 114 Å². The molecule has 0 atom stereocenters. The summed E-state index contributed by atoms with van der Waals surface area (Å²) >= 11 is 0. The molecule has 1 amide bonds. The molecular weight excluding hydrogens is 272 g/mol. The number of hydrogen-bond acceptors (Lipinski definition) is 5. The van der Waals surface area contributed by atoms with E-state index in [4.69, 9.17) is 15.4 Å². The lowest BCUT2D eigenvalue weighted by molar-refractivity contribution is 0.0867. The monoisotopic (exact) mass is 294 g/mol. The molecule has 0 saturated heterocycles. The third-order valence-corrected chi connectivity index (χ3v) is 4.19. The second-order valence-electron chi connectivity index (χ2n) is 5.85. The van der Waals surface area contributed by atoms with E-state index in [2.05, 4.69) is 22.4 Å². The smallest absolute Gasteiger partial charge is 0.289 e. The number of oxime groups is 1. The maximum absolute atomic E-state index is 12.4. The van der Waals surface area contributed by atoms with Gasteiger partial charge >= 0.3 is 0 Å². The molecule has 4 N–H and O–H groups in total. The molecular formula is C14H22N4O3. The molecule has 21 heavy (non-hydrogen) atoms. The fraction of sp³-hybridized carbons (Fsp3) is 0.643. The number of nitrogens with zero attached hydrogens (tertiary/aromatic N) is 2. The lowest BCUT2D eigenvalue weighted by Gasteiger charge is -2.38. The second kappa shape index (κ2) is 5.75. The van der Waals surface area contributed by atoms with Crippen LogP contribution in [-0.2, 0) is 0 Å². The van der Waals surface area contributed by atoms with Crippen LogP contribution in [0.1, 0.15) is 54.7 Å². The lowest BCUT2D eigenvalue weighted by Crippen LogP contribution is -2.59. The fourth-order valence-corrected chi connectivity index (χ4v) is 2.81. The van der Waals surface area contributed by atoms with Gasteiger partial charge in [-0.25, -0.2) is 4.98 Å². The van der Waals surface area contributed by atoms with Crippen molar-refractivity contribution in [1.29, 1.82) is 0 Å². The number of rotatable bonds is 3. The quantitative estimate of drug-likeness (QED) is 0.340. The minimum Gasteiger partial charge on any atom is -0.436 e. The Labute approximate surface area is 123 Å². The van der Waals surface area contributed by atoms with Gasteiger partial charge in [-0.2, -0.15) is 0 Å². The van der Waals surface area contributed by atoms with E-state index in [9.17, 15) is 4.79 Å². The van der Waals surface area contributed by atoms with Gasteiger partial charge in [-0.15, -0.1) is 0 Å². The summed E-state index contributed by atoms with van der Waals surface area (Å²) in [4.78, 5) is 16.5. The number of nitrogens with two attached hydrogens (primary N) is 1. The van der Waals surface area contributed by atoms with Gasteiger partial charge in [0.15, 0.2) is 11.7 Å². The molecule has 0 unspecified atom stereocenters. The highest BCUT2D eigenvalue weighted by atomic mass is 16.4. The standard InChI is InChI=1S/C14H22N4O3/c1-8-4-6-14(7-5-8,13(15)18-20)17-12(19)11-9(2)16-10(3)21-11/h8,20H,4-7H2,1-3H3,(H2,15,18)(H,17,19). The first-order valence-corrected chi connectivity index (χ1v) is 7.12. The Kier molecular flexibility index (Phi) is 4.20. The zero-order chi connectivity index (χ0) is 15.6. The van der Waals surface area contributed by atoms with Gasteiger partial charge in [0.05, 0.1) is 5.69 Å². The number of carbonyl (C=O) groups is 1. The van der Waals surface area contributed by atoms with E-state index in [1.807, 2.05) is 0 Å². The van der Waals surface area contributed by atoms with Gasteiger partial charge < -0.3 is 20.7 Å². The van der Waals surface area contributed by atoms with Gasteiger partial charge in [0.1, 0.15) is 5.54 Å². The van der Waals surface area contributed by atoms with E-state index in [0.29, 0.717) is 30.3 Å². The lowest BCUT2D eigenvalue weighted by atomic mass is 9.76. The van der Waals surface area contributed by atoms with Crippen molar-refractivity contribution in [2.45, 2.75) is 52.0 Å². The van der Waals surface area contributed by atoms with Crippen LogP contribution in [0.25, 0.3) is 0 Å². The molecule has 0 radical (unpaired) electrons. The summed E-state index contributed by atoms with van der Waals surface area (Å²) < 4.78 is 5.33. The molecule has 0 aromatic carbocycles. The largest absolute Gasteiger partial charge is 0.436 e. The highest BCUT2D eigenvalue weighted by Crippen LogP contribution is 2.32. The molecule has 1 aliphatic rings. The first kappa shape index (κ1) is 15.3. The molecule has 1 aromatic heterocycles. The predicted octanol–water partition coefficient (Wildman–Crippen LogP) is 1.72. The summed E-state index contributed by atoms with van der Waals surface area (Å²) in [5, 5.41) is 15.0. The summed E-state index contributed by atoms with van der Waals surface area (Å²) in [5.74, 6) is 0.839. The van der Waals surface area contributed by atoms with Crippen molar-refractivity contribution in [2.24, 2.45) is 16.8 Å². The Morgan fingerprint density at radius 3 is 2.57 bits per heavy atom. The van der Waals surface area contributed by atoms with Crippen molar-refractivity contribution in [3.8, 4) is 0 Å². The van der Waals surface area contributed by atoms with E-state index in [-0.39, 0.29) is 17.5 Å². The van der Waals surface area contributed by atoms with E-state index in [1.54, 1.807) is 13.8 Å². The van der Waals surface area contributed by atoms with E-state index in [1.165, 1.54) is 0 Å². The van der Waals surface area contributed by atoms with Crippen molar-refractivity contribution >= 4 is 11.7 Å². The van der Waals surface area contributed by atoms with Crippen molar-refractivity contribution in [2.75, 3.05) is 0 Å².